The van der Waals surface area contributed by atoms with Crippen molar-refractivity contribution in [2.75, 3.05) is 0 Å². The zero-order valence-corrected chi connectivity index (χ0v) is 7.74. The van der Waals surface area contributed by atoms with Crippen molar-refractivity contribution in [2.24, 2.45) is 0 Å². The van der Waals surface area contributed by atoms with Crippen molar-refractivity contribution < 1.29 is 4.57 Å². The van der Waals surface area contributed by atoms with Crippen LogP contribution in [0, 0.1) is 0 Å². The van der Waals surface area contributed by atoms with Crippen LogP contribution in [0.1, 0.15) is 26.2 Å². The van der Waals surface area contributed by atoms with Crippen LogP contribution in [0.25, 0.3) is 6.20 Å². The predicted molar refractivity (Wildman–Crippen MR) is 50.5 cm³/mol. The van der Waals surface area contributed by atoms with Crippen LogP contribution in [0.4, 0.5) is 0 Å². The van der Waals surface area contributed by atoms with Crippen LogP contribution in [0.15, 0.2) is 25.3 Å². The molecular weight excluding hydrogens is 148 g/mol. The minimum Gasteiger partial charge on any atom is -0.236 e. The van der Waals surface area contributed by atoms with Crippen molar-refractivity contribution in [3.63, 3.8) is 0 Å². The molecule has 0 atom stereocenters. The van der Waals surface area contributed by atoms with Crippen molar-refractivity contribution in [2.45, 2.75) is 32.7 Å². The Morgan fingerprint density at radius 1 is 1.50 bits per heavy atom. The summed E-state index contributed by atoms with van der Waals surface area (Å²) in [7, 11) is 0. The van der Waals surface area contributed by atoms with E-state index in [0.717, 1.165) is 6.54 Å². The number of hydrogen-bond acceptors (Lipinski definition) is 0. The van der Waals surface area contributed by atoms with Crippen molar-refractivity contribution in [3.8, 4) is 0 Å². The fourth-order valence-corrected chi connectivity index (χ4v) is 1.20. The van der Waals surface area contributed by atoms with Gasteiger partial charge in [0.25, 0.3) is 0 Å². The van der Waals surface area contributed by atoms with Gasteiger partial charge in [-0.2, -0.15) is 0 Å². The van der Waals surface area contributed by atoms with Gasteiger partial charge in [0.1, 0.15) is 12.4 Å². The molecule has 2 nitrogen and oxygen atoms in total. The fourth-order valence-electron chi connectivity index (χ4n) is 1.20. The molecule has 0 fully saturated rings. The maximum Gasteiger partial charge on any atom is 0.248 e. The largest absolute Gasteiger partial charge is 0.248 e. The molecule has 0 saturated heterocycles. The molecule has 1 heterocycles. The topological polar surface area (TPSA) is 8.81 Å². The highest BCUT2D eigenvalue weighted by Crippen LogP contribution is 1.93. The molecule has 1 aromatic rings. The van der Waals surface area contributed by atoms with Gasteiger partial charge in [-0.25, -0.2) is 9.13 Å². The summed E-state index contributed by atoms with van der Waals surface area (Å²) in [5, 5.41) is 0. The van der Waals surface area contributed by atoms with Crippen molar-refractivity contribution in [3.05, 3.63) is 25.3 Å². The second-order valence-electron chi connectivity index (χ2n) is 2.99. The standard InChI is InChI=1S/C10H17N2/c1-3-5-6-7-12-9-8-11(4-2)10-12/h4,8-10H,2-3,5-7H2,1H3/q+1. The van der Waals surface area contributed by atoms with E-state index in [9.17, 15) is 0 Å². The Labute approximate surface area is 74.1 Å². The number of aromatic nitrogens is 2. The molecule has 1 rings (SSSR count). The summed E-state index contributed by atoms with van der Waals surface area (Å²) in [5.41, 5.74) is 0. The average molecular weight is 165 g/mol. The Hall–Kier alpha value is -1.05. The summed E-state index contributed by atoms with van der Waals surface area (Å²) in [4.78, 5) is 0. The molecule has 0 aliphatic rings. The Bertz CT molecular complexity index is 238. The van der Waals surface area contributed by atoms with Gasteiger partial charge in [-0.3, -0.25) is 0 Å². The molecule has 12 heavy (non-hydrogen) atoms. The van der Waals surface area contributed by atoms with Gasteiger partial charge < -0.3 is 0 Å². The molecule has 0 N–H and O–H groups in total. The molecule has 2 heteroatoms. The number of rotatable bonds is 5. The Balaban J connectivity index is 2.36. The maximum absolute atomic E-state index is 3.69. The van der Waals surface area contributed by atoms with Crippen LogP contribution in [0.3, 0.4) is 0 Å². The van der Waals surface area contributed by atoms with Gasteiger partial charge in [0.05, 0.1) is 12.7 Å². The highest BCUT2D eigenvalue weighted by Gasteiger charge is 1.98. The first-order chi connectivity index (χ1) is 5.86. The number of hydrogen-bond donors (Lipinski definition) is 0. The zero-order chi connectivity index (χ0) is 8.81. The monoisotopic (exact) mass is 165 g/mol. The van der Waals surface area contributed by atoms with E-state index in [2.05, 4.69) is 30.6 Å². The summed E-state index contributed by atoms with van der Waals surface area (Å²) in [5.74, 6) is 0. The minimum absolute atomic E-state index is 1.12. The number of unbranched alkanes of at least 4 members (excludes halogenated alkanes) is 2. The summed E-state index contributed by atoms with van der Waals surface area (Å²) in [6.45, 7) is 7.03. The van der Waals surface area contributed by atoms with Gasteiger partial charge in [0, 0.05) is 0 Å². The van der Waals surface area contributed by atoms with Crippen LogP contribution < -0.4 is 4.57 Å². The first kappa shape index (κ1) is 9.04. The molecule has 0 spiro atoms. The van der Waals surface area contributed by atoms with E-state index in [1.807, 2.05) is 10.8 Å². The van der Waals surface area contributed by atoms with Gasteiger partial charge in [-0.05, 0) is 12.8 Å². The third kappa shape index (κ3) is 2.53. The van der Waals surface area contributed by atoms with Crippen LogP contribution in [0.2, 0.25) is 0 Å². The molecule has 66 valence electrons. The summed E-state index contributed by atoms with van der Waals surface area (Å²) in [6, 6.07) is 0. The highest BCUT2D eigenvalue weighted by molar-refractivity contribution is 5.12. The third-order valence-electron chi connectivity index (χ3n) is 1.94. The van der Waals surface area contributed by atoms with Crippen LogP contribution in [-0.4, -0.2) is 4.57 Å². The number of imidazole rings is 1. The first-order valence-corrected chi connectivity index (χ1v) is 4.56. The lowest BCUT2D eigenvalue weighted by atomic mass is 10.2. The van der Waals surface area contributed by atoms with Gasteiger partial charge in [-0.1, -0.05) is 19.9 Å². The Morgan fingerprint density at radius 3 is 2.92 bits per heavy atom. The van der Waals surface area contributed by atoms with Gasteiger partial charge in [0.2, 0.25) is 6.33 Å². The maximum atomic E-state index is 3.69. The van der Waals surface area contributed by atoms with Crippen molar-refractivity contribution in [1.29, 1.82) is 0 Å². The number of aryl methyl sites for hydroxylation is 1. The molecule has 0 saturated carbocycles. The van der Waals surface area contributed by atoms with Crippen LogP contribution in [0.5, 0.6) is 0 Å². The van der Waals surface area contributed by atoms with E-state index in [0.29, 0.717) is 0 Å². The second kappa shape index (κ2) is 4.75. The smallest absolute Gasteiger partial charge is 0.236 e. The average Bonchev–Trinajstić information content (AvgIpc) is 2.53. The van der Waals surface area contributed by atoms with Crippen molar-refractivity contribution >= 4 is 6.20 Å². The van der Waals surface area contributed by atoms with Crippen molar-refractivity contribution in [1.82, 2.24) is 4.57 Å². The lowest BCUT2D eigenvalue weighted by Gasteiger charge is -1.93. The van der Waals surface area contributed by atoms with Crippen LogP contribution in [-0.2, 0) is 6.54 Å². The fraction of sp³-hybridized carbons (Fsp3) is 0.500. The summed E-state index contributed by atoms with van der Waals surface area (Å²) in [6.07, 6.45) is 11.8. The zero-order valence-electron chi connectivity index (χ0n) is 7.74. The quantitative estimate of drug-likeness (QED) is 0.466. The van der Waals surface area contributed by atoms with E-state index >= 15 is 0 Å². The normalized spacial score (nSPS) is 10.1. The molecule has 0 aliphatic heterocycles. The van der Waals surface area contributed by atoms with E-state index in [4.69, 9.17) is 0 Å². The molecule has 0 unspecified atom stereocenters. The molecule has 0 amide bonds. The van der Waals surface area contributed by atoms with Gasteiger partial charge in [0.15, 0.2) is 0 Å². The Morgan fingerprint density at radius 2 is 2.33 bits per heavy atom. The highest BCUT2D eigenvalue weighted by atomic mass is 15.1. The van der Waals surface area contributed by atoms with Gasteiger partial charge >= 0.3 is 0 Å². The van der Waals surface area contributed by atoms with E-state index in [1.54, 1.807) is 6.20 Å². The SMILES string of the molecule is C=Cn1cc[n+](CCCCC)c1. The van der Waals surface area contributed by atoms with E-state index < -0.39 is 0 Å². The summed E-state index contributed by atoms with van der Waals surface area (Å²) < 4.78 is 4.16. The van der Waals surface area contributed by atoms with Crippen LogP contribution >= 0.6 is 0 Å². The first-order valence-electron chi connectivity index (χ1n) is 4.56. The third-order valence-corrected chi connectivity index (χ3v) is 1.94. The molecule has 1 aromatic heterocycles. The molecule has 0 bridgehead atoms. The molecule has 0 radical (unpaired) electrons. The second-order valence-corrected chi connectivity index (χ2v) is 2.99. The summed E-state index contributed by atoms with van der Waals surface area (Å²) >= 11 is 0. The van der Waals surface area contributed by atoms with Gasteiger partial charge in [-0.15, -0.1) is 0 Å². The predicted octanol–water partition coefficient (Wildman–Crippen LogP) is 2.07. The molecular formula is C10H17N2+. The molecule has 0 aromatic carbocycles. The Kier molecular flexibility index (Phi) is 3.58. The lowest BCUT2D eigenvalue weighted by molar-refractivity contribution is -0.696. The van der Waals surface area contributed by atoms with E-state index in [1.165, 1.54) is 19.3 Å². The van der Waals surface area contributed by atoms with E-state index in [-0.39, 0.29) is 0 Å². The minimum atomic E-state index is 1.12. The molecule has 0 aliphatic carbocycles. The number of nitrogens with zero attached hydrogens (tertiary/aromatic N) is 2. The lowest BCUT2D eigenvalue weighted by Crippen LogP contribution is -2.30.